The third-order valence-electron chi connectivity index (χ3n) is 6.33. The third-order valence-corrected chi connectivity index (χ3v) is 7.31. The van der Waals surface area contributed by atoms with Gasteiger partial charge in [-0.25, -0.2) is 0 Å². The third kappa shape index (κ3) is 6.19. The topological polar surface area (TPSA) is 83.8 Å². The van der Waals surface area contributed by atoms with Crippen LogP contribution in [0.2, 0.25) is 0 Å². The van der Waals surface area contributed by atoms with Gasteiger partial charge < -0.3 is 9.84 Å². The van der Waals surface area contributed by atoms with Crippen molar-refractivity contribution in [1.82, 2.24) is 0 Å². The first-order valence-electron chi connectivity index (χ1n) is 11.6. The molecule has 1 unspecified atom stereocenters. The van der Waals surface area contributed by atoms with Crippen LogP contribution < -0.4 is 4.74 Å². The molecule has 0 aliphatic carbocycles. The molecule has 0 saturated heterocycles. The van der Waals surface area contributed by atoms with E-state index in [-0.39, 0.29) is 44.8 Å². The first-order chi connectivity index (χ1) is 14.2. The summed E-state index contributed by atoms with van der Waals surface area (Å²) < 4.78 is 41.8. The maximum absolute atomic E-state index is 12.8. The molecule has 0 aliphatic heterocycles. The molecule has 0 aromatic heterocycles. The predicted molar refractivity (Wildman–Crippen MR) is 132 cm³/mol. The number of methoxy groups -OCH3 is 1. The van der Waals surface area contributed by atoms with Crippen molar-refractivity contribution in [2.75, 3.05) is 7.11 Å². The molecule has 2 N–H and O–H groups in total. The lowest BCUT2D eigenvalue weighted by molar-refractivity contribution is 0.0752. The molecule has 0 aliphatic rings. The van der Waals surface area contributed by atoms with Crippen molar-refractivity contribution in [3.8, 4) is 11.5 Å². The van der Waals surface area contributed by atoms with Gasteiger partial charge in [-0.05, 0) is 54.3 Å². The summed E-state index contributed by atoms with van der Waals surface area (Å²) in [5.74, 6) is 0.348. The summed E-state index contributed by atoms with van der Waals surface area (Å²) in [6, 6.07) is 0. The number of hydrogen-bond donors (Lipinski definition) is 2. The lowest BCUT2D eigenvalue weighted by atomic mass is 9.56. The fraction of sp³-hybridized carbons (Fsp3) is 0.769. The fourth-order valence-corrected chi connectivity index (χ4v) is 7.58. The Labute approximate surface area is 196 Å². The van der Waals surface area contributed by atoms with Gasteiger partial charge in [0.25, 0.3) is 10.1 Å². The number of rotatable bonds is 9. The maximum atomic E-state index is 12.8. The van der Waals surface area contributed by atoms with E-state index in [2.05, 4.69) is 62.3 Å². The minimum Gasteiger partial charge on any atom is -0.507 e. The zero-order valence-corrected chi connectivity index (χ0v) is 23.1. The van der Waals surface area contributed by atoms with Gasteiger partial charge in [-0.3, -0.25) is 4.55 Å². The van der Waals surface area contributed by atoms with E-state index in [4.69, 9.17) is 4.74 Å². The van der Waals surface area contributed by atoms with Gasteiger partial charge in [0.1, 0.15) is 16.4 Å². The lowest BCUT2D eigenvalue weighted by Gasteiger charge is -2.49. The Kier molecular flexibility index (Phi) is 8.57. The van der Waals surface area contributed by atoms with Crippen molar-refractivity contribution in [2.45, 2.75) is 106 Å². The molecule has 0 spiro atoms. The molecule has 0 amide bonds. The average molecular weight is 471 g/mol. The smallest absolute Gasteiger partial charge is 0.295 e. The molecule has 6 heteroatoms. The van der Waals surface area contributed by atoms with Gasteiger partial charge in [0.2, 0.25) is 0 Å². The van der Waals surface area contributed by atoms with Crippen molar-refractivity contribution in [1.29, 1.82) is 0 Å². The molecule has 186 valence electrons. The summed E-state index contributed by atoms with van der Waals surface area (Å²) in [4.78, 5) is -0.191. The van der Waals surface area contributed by atoms with Crippen LogP contribution in [-0.2, 0) is 16.5 Å². The van der Waals surface area contributed by atoms with E-state index in [9.17, 15) is 18.1 Å². The van der Waals surface area contributed by atoms with Crippen molar-refractivity contribution >= 4 is 10.1 Å². The second kappa shape index (κ2) is 9.54. The van der Waals surface area contributed by atoms with Gasteiger partial charge in [0.05, 0.1) is 7.11 Å². The summed E-state index contributed by atoms with van der Waals surface area (Å²) in [6.07, 6.45) is 1.97. The second-order valence-electron chi connectivity index (χ2n) is 12.3. The fourth-order valence-electron chi connectivity index (χ4n) is 6.54. The van der Waals surface area contributed by atoms with Crippen LogP contribution in [0.25, 0.3) is 0 Å². The molecular weight excluding hydrogens is 424 g/mol. The Hall–Kier alpha value is -1.27. The van der Waals surface area contributed by atoms with Crippen LogP contribution in [-0.4, -0.2) is 25.2 Å². The molecule has 5 nitrogen and oxygen atoms in total. The number of phenolic OH excluding ortho intramolecular Hbond substituents is 1. The monoisotopic (exact) mass is 470 g/mol. The van der Waals surface area contributed by atoms with E-state index in [1.165, 1.54) is 7.11 Å². The predicted octanol–water partition coefficient (Wildman–Crippen LogP) is 7.14. The van der Waals surface area contributed by atoms with E-state index >= 15 is 0 Å². The van der Waals surface area contributed by atoms with E-state index < -0.39 is 10.1 Å². The van der Waals surface area contributed by atoms with E-state index in [1.54, 1.807) is 13.8 Å². The quantitative estimate of drug-likeness (QED) is 0.375. The molecule has 0 saturated carbocycles. The summed E-state index contributed by atoms with van der Waals surface area (Å²) in [6.45, 7) is 23.1. The standard InChI is InChI=1S/C26H46O5S/c1-13-18-20(27)17(4)21(31-12)19(22(18)32(28,29)30)23(25(8,9)14-16(2)3)26(10,11)15-24(5,6)7/h16,23,27H,13-15H2,1-12H3,(H,28,29,30). The number of aromatic hydroxyl groups is 1. The zero-order valence-electron chi connectivity index (χ0n) is 22.3. The van der Waals surface area contributed by atoms with E-state index in [1.807, 2.05) is 0 Å². The van der Waals surface area contributed by atoms with Crippen LogP contribution in [0.15, 0.2) is 4.90 Å². The normalized spacial score (nSPS) is 14.7. The largest absolute Gasteiger partial charge is 0.507 e. The number of hydrogen-bond acceptors (Lipinski definition) is 4. The van der Waals surface area contributed by atoms with Crippen molar-refractivity contribution < 1.29 is 22.8 Å². The van der Waals surface area contributed by atoms with Gasteiger partial charge in [-0.1, -0.05) is 69.2 Å². The minimum atomic E-state index is -4.63. The summed E-state index contributed by atoms with van der Waals surface area (Å²) in [5.41, 5.74) is 0.589. The highest BCUT2D eigenvalue weighted by atomic mass is 32.2. The highest BCUT2D eigenvalue weighted by Crippen LogP contribution is 2.59. The average Bonchev–Trinajstić information content (AvgIpc) is 2.52. The molecule has 32 heavy (non-hydrogen) atoms. The van der Waals surface area contributed by atoms with E-state index in [0.717, 1.165) is 12.8 Å². The highest BCUT2D eigenvalue weighted by molar-refractivity contribution is 7.86. The van der Waals surface area contributed by atoms with Gasteiger partial charge in [-0.2, -0.15) is 8.42 Å². The highest BCUT2D eigenvalue weighted by Gasteiger charge is 2.48. The molecule has 1 aromatic carbocycles. The first kappa shape index (κ1) is 28.8. The maximum Gasteiger partial charge on any atom is 0.295 e. The Bertz CT molecular complexity index is 919. The van der Waals surface area contributed by atoms with Crippen molar-refractivity contribution in [3.05, 3.63) is 16.7 Å². The minimum absolute atomic E-state index is 0.000693. The van der Waals surface area contributed by atoms with Gasteiger partial charge in [0.15, 0.2) is 0 Å². The van der Waals surface area contributed by atoms with Crippen molar-refractivity contribution in [2.24, 2.45) is 22.2 Å². The lowest BCUT2D eigenvalue weighted by Crippen LogP contribution is -2.39. The van der Waals surface area contributed by atoms with Crippen LogP contribution >= 0.6 is 0 Å². The van der Waals surface area contributed by atoms with Crippen LogP contribution in [0.5, 0.6) is 11.5 Å². The van der Waals surface area contributed by atoms with Gasteiger partial charge in [-0.15, -0.1) is 0 Å². The van der Waals surface area contributed by atoms with Gasteiger partial charge >= 0.3 is 0 Å². The van der Waals surface area contributed by atoms with Crippen molar-refractivity contribution in [3.63, 3.8) is 0 Å². The molecule has 1 aromatic rings. The molecule has 0 heterocycles. The second-order valence-corrected chi connectivity index (χ2v) is 13.7. The molecule has 0 bridgehead atoms. The van der Waals surface area contributed by atoms with E-state index in [0.29, 0.717) is 22.8 Å². The van der Waals surface area contributed by atoms with Crippen LogP contribution in [0.4, 0.5) is 0 Å². The SMILES string of the molecule is CCc1c(O)c(C)c(OC)c(C(C(C)(C)CC(C)C)C(C)(C)CC(C)(C)C)c1S(=O)(=O)O. The summed E-state index contributed by atoms with van der Waals surface area (Å²) in [7, 11) is -3.13. The Morgan fingerprint density at radius 2 is 1.50 bits per heavy atom. The molecule has 0 fully saturated rings. The molecule has 1 atom stereocenters. The molecule has 0 radical (unpaired) electrons. The summed E-state index contributed by atoms with van der Waals surface area (Å²) >= 11 is 0. The van der Waals surface area contributed by atoms with Crippen LogP contribution in [0.1, 0.15) is 105 Å². The Morgan fingerprint density at radius 1 is 1.00 bits per heavy atom. The Morgan fingerprint density at radius 3 is 1.84 bits per heavy atom. The van der Waals surface area contributed by atoms with Gasteiger partial charge in [0, 0.05) is 16.7 Å². The zero-order chi connectivity index (χ0) is 25.4. The number of ether oxygens (including phenoxy) is 1. The first-order valence-corrected chi connectivity index (χ1v) is 13.0. The number of phenols is 1. The molecular formula is C26H46O5S. The van der Waals surface area contributed by atoms with Crippen LogP contribution in [0, 0.1) is 29.1 Å². The number of benzene rings is 1. The molecule has 1 rings (SSSR count). The Balaban J connectivity index is 4.30. The van der Waals surface area contributed by atoms with Crippen LogP contribution in [0.3, 0.4) is 0 Å². The summed E-state index contributed by atoms with van der Waals surface area (Å²) in [5, 5.41) is 10.8.